The fourth-order valence-corrected chi connectivity index (χ4v) is 2.92. The van der Waals surface area contributed by atoms with Crippen molar-refractivity contribution >= 4 is 23.4 Å². The van der Waals surface area contributed by atoms with Gasteiger partial charge in [0, 0.05) is 44.8 Å². The largest absolute Gasteiger partial charge is 0.353 e. The van der Waals surface area contributed by atoms with Crippen molar-refractivity contribution in [1.29, 1.82) is 0 Å². The van der Waals surface area contributed by atoms with Crippen molar-refractivity contribution < 1.29 is 13.2 Å². The van der Waals surface area contributed by atoms with Gasteiger partial charge in [0.2, 0.25) is 11.9 Å². The highest BCUT2D eigenvalue weighted by molar-refractivity contribution is 5.56. The van der Waals surface area contributed by atoms with Crippen LogP contribution in [0.4, 0.5) is 36.6 Å². The van der Waals surface area contributed by atoms with Gasteiger partial charge in [0.25, 0.3) is 0 Å². The Bertz CT molecular complexity index is 963. The lowest BCUT2D eigenvalue weighted by atomic mass is 10.3. The quantitative estimate of drug-likeness (QED) is 0.691. The van der Waals surface area contributed by atoms with Gasteiger partial charge in [0.15, 0.2) is 17.5 Å². The molecule has 2 aromatic heterocycles. The van der Waals surface area contributed by atoms with E-state index in [9.17, 15) is 13.2 Å². The van der Waals surface area contributed by atoms with Gasteiger partial charge in [0.05, 0.1) is 5.69 Å². The van der Waals surface area contributed by atoms with Crippen molar-refractivity contribution in [3.8, 4) is 0 Å². The lowest BCUT2D eigenvalue weighted by Crippen LogP contribution is -2.47. The van der Waals surface area contributed by atoms with E-state index in [0.717, 1.165) is 12.1 Å². The summed E-state index contributed by atoms with van der Waals surface area (Å²) in [6.07, 6.45) is 4.93. The standard InChI is InChI=1S/C18H16F3N7/c19-12-2-3-13(16(21)15(12)20)25-17-22-7-4-14(26-17)27-8-10-28(11-9-27)18-23-5-1-6-24-18/h1-7H,8-11H2,(H,22,25,26). The number of anilines is 4. The number of aromatic nitrogens is 4. The summed E-state index contributed by atoms with van der Waals surface area (Å²) >= 11 is 0. The third-order valence-electron chi connectivity index (χ3n) is 4.36. The fourth-order valence-electron chi connectivity index (χ4n) is 2.92. The molecule has 3 aromatic rings. The smallest absolute Gasteiger partial charge is 0.229 e. The third-order valence-corrected chi connectivity index (χ3v) is 4.36. The molecule has 0 saturated carbocycles. The second-order valence-corrected chi connectivity index (χ2v) is 6.11. The molecule has 28 heavy (non-hydrogen) atoms. The first-order valence-corrected chi connectivity index (χ1v) is 8.62. The molecule has 1 saturated heterocycles. The average molecular weight is 387 g/mol. The highest BCUT2D eigenvalue weighted by Gasteiger charge is 2.20. The average Bonchev–Trinajstić information content (AvgIpc) is 2.75. The first kappa shape index (κ1) is 18.0. The van der Waals surface area contributed by atoms with E-state index in [0.29, 0.717) is 37.9 Å². The maximum Gasteiger partial charge on any atom is 0.229 e. The lowest BCUT2D eigenvalue weighted by molar-refractivity contribution is 0.449. The Morgan fingerprint density at radius 2 is 1.50 bits per heavy atom. The van der Waals surface area contributed by atoms with E-state index in [1.807, 2.05) is 4.90 Å². The normalized spacial score (nSPS) is 14.2. The van der Waals surface area contributed by atoms with Crippen LogP contribution in [0.15, 0.2) is 42.9 Å². The Kier molecular flexibility index (Phi) is 4.92. The summed E-state index contributed by atoms with van der Waals surface area (Å²) in [5.74, 6) is -2.68. The van der Waals surface area contributed by atoms with Crippen LogP contribution in [0.1, 0.15) is 0 Å². The van der Waals surface area contributed by atoms with Crippen molar-refractivity contribution in [2.75, 3.05) is 41.3 Å². The minimum absolute atomic E-state index is 0.0937. The topological polar surface area (TPSA) is 70.1 Å². The molecule has 0 amide bonds. The van der Waals surface area contributed by atoms with Crippen molar-refractivity contribution in [3.05, 3.63) is 60.3 Å². The van der Waals surface area contributed by atoms with Crippen molar-refractivity contribution in [2.45, 2.75) is 0 Å². The summed E-state index contributed by atoms with van der Waals surface area (Å²) in [7, 11) is 0. The number of piperazine rings is 1. The minimum atomic E-state index is -1.54. The molecule has 1 aliphatic heterocycles. The molecule has 0 radical (unpaired) electrons. The van der Waals surface area contributed by atoms with Crippen LogP contribution in [0.2, 0.25) is 0 Å². The lowest BCUT2D eigenvalue weighted by Gasteiger charge is -2.35. The van der Waals surface area contributed by atoms with E-state index >= 15 is 0 Å². The molecule has 144 valence electrons. The van der Waals surface area contributed by atoms with Gasteiger partial charge in [0.1, 0.15) is 5.82 Å². The van der Waals surface area contributed by atoms with E-state index in [1.54, 1.807) is 24.5 Å². The second kappa shape index (κ2) is 7.67. The number of hydrogen-bond donors (Lipinski definition) is 1. The molecule has 1 N–H and O–H groups in total. The summed E-state index contributed by atoms with van der Waals surface area (Å²) in [5.41, 5.74) is -0.234. The SMILES string of the molecule is Fc1ccc(Nc2nccc(N3CCN(c4ncccn4)CC3)n2)c(F)c1F. The zero-order valence-corrected chi connectivity index (χ0v) is 14.7. The summed E-state index contributed by atoms with van der Waals surface area (Å²) in [5, 5.41) is 2.59. The van der Waals surface area contributed by atoms with E-state index < -0.39 is 17.5 Å². The molecule has 0 unspecified atom stereocenters. The Morgan fingerprint density at radius 1 is 0.786 bits per heavy atom. The van der Waals surface area contributed by atoms with Crippen LogP contribution >= 0.6 is 0 Å². The number of rotatable bonds is 4. The first-order chi connectivity index (χ1) is 13.6. The van der Waals surface area contributed by atoms with Gasteiger partial charge in [-0.05, 0) is 24.3 Å². The molecule has 1 aliphatic rings. The molecule has 7 nitrogen and oxygen atoms in total. The molecule has 1 fully saturated rings. The maximum atomic E-state index is 13.8. The van der Waals surface area contributed by atoms with Crippen LogP contribution in [0.3, 0.4) is 0 Å². The third kappa shape index (κ3) is 3.66. The van der Waals surface area contributed by atoms with E-state index in [1.165, 1.54) is 6.20 Å². The first-order valence-electron chi connectivity index (χ1n) is 8.62. The van der Waals surface area contributed by atoms with E-state index in [4.69, 9.17) is 0 Å². The molecular formula is C18H16F3N7. The Hall–Kier alpha value is -3.43. The molecule has 0 bridgehead atoms. The van der Waals surface area contributed by atoms with Crippen LogP contribution in [0, 0.1) is 17.5 Å². The minimum Gasteiger partial charge on any atom is -0.353 e. The molecule has 4 rings (SSSR count). The van der Waals surface area contributed by atoms with Gasteiger partial charge in [-0.2, -0.15) is 4.98 Å². The fraction of sp³-hybridized carbons (Fsp3) is 0.222. The van der Waals surface area contributed by atoms with Gasteiger partial charge in [-0.25, -0.2) is 28.1 Å². The van der Waals surface area contributed by atoms with E-state index in [2.05, 4.69) is 30.2 Å². The van der Waals surface area contributed by atoms with Crippen LogP contribution in [-0.4, -0.2) is 46.1 Å². The number of nitrogens with zero attached hydrogens (tertiary/aromatic N) is 6. The number of halogens is 3. The maximum absolute atomic E-state index is 13.8. The van der Waals surface area contributed by atoms with Crippen LogP contribution in [0.25, 0.3) is 0 Å². The summed E-state index contributed by atoms with van der Waals surface area (Å²) in [4.78, 5) is 21.0. The number of nitrogens with one attached hydrogen (secondary N) is 1. The molecule has 3 heterocycles. The summed E-state index contributed by atoms with van der Waals surface area (Å²) in [6, 6.07) is 5.45. The molecule has 0 aliphatic carbocycles. The van der Waals surface area contributed by atoms with Gasteiger partial charge in [-0.15, -0.1) is 0 Å². The molecular weight excluding hydrogens is 371 g/mol. The second-order valence-electron chi connectivity index (χ2n) is 6.11. The number of hydrogen-bond acceptors (Lipinski definition) is 7. The summed E-state index contributed by atoms with van der Waals surface area (Å²) in [6.45, 7) is 2.81. The zero-order chi connectivity index (χ0) is 19.5. The molecule has 0 spiro atoms. The Morgan fingerprint density at radius 3 is 2.25 bits per heavy atom. The highest BCUT2D eigenvalue weighted by Crippen LogP contribution is 2.23. The molecule has 10 heteroatoms. The van der Waals surface area contributed by atoms with Crippen molar-refractivity contribution in [2.24, 2.45) is 0 Å². The summed E-state index contributed by atoms with van der Waals surface area (Å²) < 4.78 is 40.3. The van der Waals surface area contributed by atoms with Gasteiger partial charge in [-0.1, -0.05) is 0 Å². The van der Waals surface area contributed by atoms with Crippen molar-refractivity contribution in [1.82, 2.24) is 19.9 Å². The van der Waals surface area contributed by atoms with Crippen molar-refractivity contribution in [3.63, 3.8) is 0 Å². The van der Waals surface area contributed by atoms with Crippen LogP contribution in [0.5, 0.6) is 0 Å². The molecule has 1 aromatic carbocycles. The van der Waals surface area contributed by atoms with Gasteiger partial charge >= 0.3 is 0 Å². The monoisotopic (exact) mass is 387 g/mol. The highest BCUT2D eigenvalue weighted by atomic mass is 19.2. The van der Waals surface area contributed by atoms with Crippen LogP contribution < -0.4 is 15.1 Å². The van der Waals surface area contributed by atoms with Gasteiger partial charge < -0.3 is 15.1 Å². The predicted octanol–water partition coefficient (Wildman–Crippen LogP) is 2.75. The zero-order valence-electron chi connectivity index (χ0n) is 14.7. The van der Waals surface area contributed by atoms with Crippen LogP contribution in [-0.2, 0) is 0 Å². The molecule has 0 atom stereocenters. The Balaban J connectivity index is 1.45. The Labute approximate surface area is 158 Å². The number of benzene rings is 1. The van der Waals surface area contributed by atoms with Gasteiger partial charge in [-0.3, -0.25) is 0 Å². The predicted molar refractivity (Wildman–Crippen MR) is 98.1 cm³/mol. The van der Waals surface area contributed by atoms with E-state index in [-0.39, 0.29) is 11.6 Å².